The number of halogens is 1. The number of rotatable bonds is 6. The summed E-state index contributed by atoms with van der Waals surface area (Å²) >= 11 is 5.80. The molecule has 5 nitrogen and oxygen atoms in total. The van der Waals surface area contributed by atoms with Crippen LogP contribution in [-0.4, -0.2) is 19.8 Å². The van der Waals surface area contributed by atoms with Crippen LogP contribution in [-0.2, 0) is 16.4 Å². The van der Waals surface area contributed by atoms with Crippen LogP contribution in [0.2, 0.25) is 0 Å². The molecule has 0 unspecified atom stereocenters. The van der Waals surface area contributed by atoms with Crippen LogP contribution in [0.1, 0.15) is 26.3 Å². The third-order valence-corrected chi connectivity index (χ3v) is 5.20. The molecule has 2 rings (SSSR count). The molecule has 7 heteroatoms. The normalized spacial score (nSPS) is 12.2. The molecule has 2 aromatic rings. The van der Waals surface area contributed by atoms with Crippen molar-refractivity contribution in [3.8, 4) is 0 Å². The average Bonchev–Trinajstić information content (AvgIpc) is 2.56. The first kappa shape index (κ1) is 19.7. The van der Waals surface area contributed by atoms with Gasteiger partial charge in [0, 0.05) is 22.8 Å². The average molecular weight is 382 g/mol. The highest BCUT2D eigenvalue weighted by atomic mass is 35.5. The van der Waals surface area contributed by atoms with Gasteiger partial charge in [0.15, 0.2) is 0 Å². The summed E-state index contributed by atoms with van der Waals surface area (Å²) in [6, 6.07) is 14.9. The smallest absolute Gasteiger partial charge is 0.253 e. The fourth-order valence-corrected chi connectivity index (χ4v) is 3.54. The molecule has 0 bridgehead atoms. The van der Waals surface area contributed by atoms with Gasteiger partial charge in [-0.1, -0.05) is 12.1 Å². The standard InChI is InChI=1S/C18H24ClN3O2S/c1-18(2,3)22(15-6-4-14(5-7-15)12-13-19)16-8-10-17(11-9-16)25(23,24)21-20/h4-11,21H,12-13,20H2,1-3H3. The summed E-state index contributed by atoms with van der Waals surface area (Å²) in [5, 5.41) is 0. The molecule has 3 N–H and O–H groups in total. The van der Waals surface area contributed by atoms with Gasteiger partial charge in [-0.05, 0) is 69.2 Å². The first-order valence-corrected chi connectivity index (χ1v) is 9.98. The third kappa shape index (κ3) is 4.73. The Morgan fingerprint density at radius 3 is 1.88 bits per heavy atom. The van der Waals surface area contributed by atoms with E-state index in [2.05, 4.69) is 49.9 Å². The minimum atomic E-state index is -3.66. The van der Waals surface area contributed by atoms with Crippen LogP contribution in [0.5, 0.6) is 0 Å². The molecule has 136 valence electrons. The van der Waals surface area contributed by atoms with Crippen molar-refractivity contribution in [2.45, 2.75) is 37.6 Å². The highest BCUT2D eigenvalue weighted by molar-refractivity contribution is 7.89. The lowest BCUT2D eigenvalue weighted by molar-refractivity contribution is 0.560. The number of nitrogens with two attached hydrogens (primary N) is 1. The number of nitrogens with one attached hydrogen (secondary N) is 1. The molecule has 0 fully saturated rings. The molecule has 0 aromatic heterocycles. The highest BCUT2D eigenvalue weighted by Gasteiger charge is 2.24. The minimum Gasteiger partial charge on any atom is -0.336 e. The lowest BCUT2D eigenvalue weighted by Gasteiger charge is -2.38. The SMILES string of the molecule is CC(C)(C)N(c1ccc(CCCl)cc1)c1ccc(S(=O)(=O)NN)cc1. The van der Waals surface area contributed by atoms with E-state index in [1.54, 1.807) is 24.3 Å². The van der Waals surface area contributed by atoms with Crippen molar-refractivity contribution in [1.29, 1.82) is 0 Å². The predicted octanol–water partition coefficient (Wildman–Crippen LogP) is 3.56. The molecular weight excluding hydrogens is 358 g/mol. The quantitative estimate of drug-likeness (QED) is 0.455. The largest absolute Gasteiger partial charge is 0.336 e. The summed E-state index contributed by atoms with van der Waals surface area (Å²) in [5.74, 6) is 5.67. The number of alkyl halides is 1. The Morgan fingerprint density at radius 2 is 1.48 bits per heavy atom. The molecule has 0 heterocycles. The monoisotopic (exact) mass is 381 g/mol. The fraction of sp³-hybridized carbons (Fsp3) is 0.333. The lowest BCUT2D eigenvalue weighted by Crippen LogP contribution is -2.37. The Morgan fingerprint density at radius 1 is 1.00 bits per heavy atom. The maximum atomic E-state index is 11.8. The number of nitrogens with zero attached hydrogens (tertiary/aromatic N) is 1. The Kier molecular flexibility index (Phi) is 6.11. The van der Waals surface area contributed by atoms with Crippen LogP contribution in [0, 0.1) is 0 Å². The third-order valence-electron chi connectivity index (χ3n) is 3.81. The molecule has 0 radical (unpaired) electrons. The second-order valence-corrected chi connectivity index (χ2v) is 8.82. The van der Waals surface area contributed by atoms with Crippen molar-refractivity contribution >= 4 is 33.0 Å². The summed E-state index contributed by atoms with van der Waals surface area (Å²) in [6.45, 7) is 6.31. The van der Waals surface area contributed by atoms with Crippen molar-refractivity contribution in [1.82, 2.24) is 4.83 Å². The molecule has 0 saturated carbocycles. The number of hydrazine groups is 1. The number of sulfonamides is 1. The van der Waals surface area contributed by atoms with Gasteiger partial charge in [0.05, 0.1) is 4.90 Å². The summed E-state index contributed by atoms with van der Waals surface area (Å²) in [6.07, 6.45) is 0.829. The number of benzene rings is 2. The van der Waals surface area contributed by atoms with Crippen LogP contribution < -0.4 is 15.6 Å². The van der Waals surface area contributed by atoms with E-state index in [9.17, 15) is 8.42 Å². The van der Waals surface area contributed by atoms with E-state index < -0.39 is 10.0 Å². The van der Waals surface area contributed by atoms with Crippen molar-refractivity contribution < 1.29 is 8.42 Å². The molecule has 0 amide bonds. The van der Waals surface area contributed by atoms with Gasteiger partial charge in [-0.25, -0.2) is 8.42 Å². The van der Waals surface area contributed by atoms with Crippen LogP contribution in [0.15, 0.2) is 53.4 Å². The molecule has 0 spiro atoms. The van der Waals surface area contributed by atoms with Gasteiger partial charge < -0.3 is 4.90 Å². The minimum absolute atomic E-state index is 0.130. The van der Waals surface area contributed by atoms with E-state index in [1.165, 1.54) is 5.56 Å². The van der Waals surface area contributed by atoms with E-state index in [0.29, 0.717) is 5.88 Å². The zero-order chi connectivity index (χ0) is 18.7. The summed E-state index contributed by atoms with van der Waals surface area (Å²) < 4.78 is 23.6. The summed E-state index contributed by atoms with van der Waals surface area (Å²) in [5.41, 5.74) is 2.91. The van der Waals surface area contributed by atoms with E-state index in [4.69, 9.17) is 17.4 Å². The molecule has 25 heavy (non-hydrogen) atoms. The zero-order valence-corrected chi connectivity index (χ0v) is 16.2. The van der Waals surface area contributed by atoms with E-state index in [1.807, 2.05) is 4.83 Å². The topological polar surface area (TPSA) is 75.4 Å². The number of hydrogen-bond donors (Lipinski definition) is 2. The molecule has 0 atom stereocenters. The lowest BCUT2D eigenvalue weighted by atomic mass is 10.0. The molecule has 0 saturated heterocycles. The van der Waals surface area contributed by atoms with Crippen LogP contribution in [0.4, 0.5) is 11.4 Å². The van der Waals surface area contributed by atoms with Gasteiger partial charge >= 0.3 is 0 Å². The van der Waals surface area contributed by atoms with Gasteiger partial charge in [-0.3, -0.25) is 5.84 Å². The molecule has 0 aliphatic rings. The number of hydrogen-bond acceptors (Lipinski definition) is 4. The predicted molar refractivity (Wildman–Crippen MR) is 104 cm³/mol. The number of anilines is 2. The summed E-state index contributed by atoms with van der Waals surface area (Å²) in [4.78, 5) is 4.12. The zero-order valence-electron chi connectivity index (χ0n) is 14.7. The van der Waals surface area contributed by atoms with Crippen molar-refractivity contribution in [3.05, 3.63) is 54.1 Å². The Balaban J connectivity index is 2.42. The van der Waals surface area contributed by atoms with E-state index in [0.717, 1.165) is 17.8 Å². The molecule has 2 aromatic carbocycles. The maximum absolute atomic E-state index is 11.8. The Labute approximate surface area is 154 Å². The number of aryl methyl sites for hydroxylation is 1. The Bertz CT molecular complexity index is 798. The van der Waals surface area contributed by atoms with Gasteiger partial charge in [-0.2, -0.15) is 4.83 Å². The van der Waals surface area contributed by atoms with Crippen LogP contribution >= 0.6 is 11.6 Å². The fourth-order valence-electron chi connectivity index (χ4n) is 2.69. The van der Waals surface area contributed by atoms with Gasteiger partial charge in [-0.15, -0.1) is 11.6 Å². The van der Waals surface area contributed by atoms with E-state index in [-0.39, 0.29) is 10.4 Å². The molecule has 0 aliphatic heterocycles. The maximum Gasteiger partial charge on any atom is 0.253 e. The van der Waals surface area contributed by atoms with Crippen molar-refractivity contribution in [3.63, 3.8) is 0 Å². The second-order valence-electron chi connectivity index (χ2n) is 6.73. The van der Waals surface area contributed by atoms with Crippen LogP contribution in [0.3, 0.4) is 0 Å². The van der Waals surface area contributed by atoms with Crippen molar-refractivity contribution in [2.24, 2.45) is 5.84 Å². The van der Waals surface area contributed by atoms with Gasteiger partial charge in [0.2, 0.25) is 0 Å². The molecular formula is C18H24ClN3O2S. The molecule has 0 aliphatic carbocycles. The highest BCUT2D eigenvalue weighted by Crippen LogP contribution is 2.33. The first-order chi connectivity index (χ1) is 11.7. The van der Waals surface area contributed by atoms with Gasteiger partial charge in [0.25, 0.3) is 10.0 Å². The van der Waals surface area contributed by atoms with Gasteiger partial charge in [0.1, 0.15) is 0 Å². The van der Waals surface area contributed by atoms with Crippen molar-refractivity contribution in [2.75, 3.05) is 10.8 Å². The second kappa shape index (κ2) is 7.74. The first-order valence-electron chi connectivity index (χ1n) is 7.96. The van der Waals surface area contributed by atoms with E-state index >= 15 is 0 Å². The van der Waals surface area contributed by atoms with Crippen LogP contribution in [0.25, 0.3) is 0 Å². The Hall–Kier alpha value is -1.60. The summed E-state index contributed by atoms with van der Waals surface area (Å²) in [7, 11) is -3.66.